The maximum atomic E-state index is 11.7. The molecule has 19 heavy (non-hydrogen) atoms. The second-order valence-electron chi connectivity index (χ2n) is 3.57. The van der Waals surface area contributed by atoms with Crippen LogP contribution < -0.4 is 0 Å². The molecule has 1 aromatic carbocycles. The van der Waals surface area contributed by atoms with Gasteiger partial charge in [0.1, 0.15) is 0 Å². The molecule has 0 aliphatic heterocycles. The van der Waals surface area contributed by atoms with Gasteiger partial charge in [-0.3, -0.25) is 0 Å². The van der Waals surface area contributed by atoms with E-state index < -0.39 is 28.4 Å². The van der Waals surface area contributed by atoms with Crippen molar-refractivity contribution in [2.75, 3.05) is 20.0 Å². The van der Waals surface area contributed by atoms with Gasteiger partial charge in [-0.2, -0.15) is 0 Å². The van der Waals surface area contributed by atoms with Crippen LogP contribution in [-0.4, -0.2) is 40.3 Å². The second-order valence-corrected chi connectivity index (χ2v) is 5.99. The summed E-state index contributed by atoms with van der Waals surface area (Å²) in [7, 11) is -2.32. The number of halogens is 1. The quantitative estimate of drug-likeness (QED) is 0.773. The molecule has 0 radical (unpaired) electrons. The number of hydrogen-bond donors (Lipinski definition) is 0. The van der Waals surface area contributed by atoms with E-state index in [4.69, 9.17) is 11.6 Å². The molecule has 104 valence electrons. The van der Waals surface area contributed by atoms with Crippen molar-refractivity contribution >= 4 is 33.4 Å². The standard InChI is InChI=1S/C11H11ClO6S/c1-17-10(13)6-18-11(14)8-5-7(19(2,15)16)3-4-9(8)12/h3-5H,6H2,1-2H3. The molecule has 0 spiro atoms. The lowest BCUT2D eigenvalue weighted by Gasteiger charge is -2.06. The smallest absolute Gasteiger partial charge is 0.344 e. The number of esters is 2. The van der Waals surface area contributed by atoms with Crippen molar-refractivity contribution in [3.63, 3.8) is 0 Å². The topological polar surface area (TPSA) is 86.7 Å². The Balaban J connectivity index is 3.00. The number of methoxy groups -OCH3 is 1. The van der Waals surface area contributed by atoms with E-state index >= 15 is 0 Å². The van der Waals surface area contributed by atoms with Gasteiger partial charge in [0.25, 0.3) is 0 Å². The zero-order chi connectivity index (χ0) is 14.6. The summed E-state index contributed by atoms with van der Waals surface area (Å²) in [6, 6.07) is 3.64. The minimum atomic E-state index is -3.47. The molecule has 0 atom stereocenters. The highest BCUT2D eigenvalue weighted by Crippen LogP contribution is 2.21. The average molecular weight is 307 g/mol. The van der Waals surface area contributed by atoms with Gasteiger partial charge < -0.3 is 9.47 Å². The number of hydrogen-bond acceptors (Lipinski definition) is 6. The van der Waals surface area contributed by atoms with E-state index in [1.165, 1.54) is 12.1 Å². The van der Waals surface area contributed by atoms with Crippen molar-refractivity contribution in [2.45, 2.75) is 4.90 Å². The van der Waals surface area contributed by atoms with Crippen LogP contribution in [0.25, 0.3) is 0 Å². The zero-order valence-electron chi connectivity index (χ0n) is 10.2. The van der Waals surface area contributed by atoms with Crippen LogP contribution in [0.4, 0.5) is 0 Å². The molecule has 6 nitrogen and oxygen atoms in total. The lowest BCUT2D eigenvalue weighted by atomic mass is 10.2. The zero-order valence-corrected chi connectivity index (χ0v) is 11.7. The molecule has 1 rings (SSSR count). The molecular weight excluding hydrogens is 296 g/mol. The Labute approximate surface area is 115 Å². The van der Waals surface area contributed by atoms with Crippen LogP contribution in [0.1, 0.15) is 10.4 Å². The van der Waals surface area contributed by atoms with Gasteiger partial charge >= 0.3 is 11.9 Å². The SMILES string of the molecule is COC(=O)COC(=O)c1cc(S(C)(=O)=O)ccc1Cl. The van der Waals surface area contributed by atoms with E-state index in [1.807, 2.05) is 0 Å². The largest absolute Gasteiger partial charge is 0.466 e. The number of rotatable bonds is 4. The highest BCUT2D eigenvalue weighted by molar-refractivity contribution is 7.90. The molecule has 1 aromatic rings. The maximum Gasteiger partial charge on any atom is 0.344 e. The Morgan fingerprint density at radius 1 is 1.32 bits per heavy atom. The van der Waals surface area contributed by atoms with Crippen molar-refractivity contribution in [1.29, 1.82) is 0 Å². The van der Waals surface area contributed by atoms with Crippen LogP contribution >= 0.6 is 11.6 Å². The van der Waals surface area contributed by atoms with E-state index in [-0.39, 0.29) is 15.5 Å². The second kappa shape index (κ2) is 6.03. The summed E-state index contributed by atoms with van der Waals surface area (Å²) >= 11 is 5.78. The summed E-state index contributed by atoms with van der Waals surface area (Å²) in [5.74, 6) is -1.63. The Kier molecular flexibility index (Phi) is 4.90. The number of carbonyl (C=O) groups is 2. The van der Waals surface area contributed by atoms with Gasteiger partial charge in [-0.25, -0.2) is 18.0 Å². The molecule has 0 fully saturated rings. The van der Waals surface area contributed by atoms with Crippen molar-refractivity contribution in [3.05, 3.63) is 28.8 Å². The predicted octanol–water partition coefficient (Wildman–Crippen LogP) is 1.07. The lowest BCUT2D eigenvalue weighted by Crippen LogP contribution is -2.15. The van der Waals surface area contributed by atoms with E-state index in [2.05, 4.69) is 9.47 Å². The summed E-state index contributed by atoms with van der Waals surface area (Å²) in [6.45, 7) is -0.575. The monoisotopic (exact) mass is 306 g/mol. The van der Waals surface area contributed by atoms with E-state index in [1.54, 1.807) is 0 Å². The fourth-order valence-corrected chi connectivity index (χ4v) is 1.99. The molecule has 0 aliphatic carbocycles. The molecule has 0 saturated heterocycles. The van der Waals surface area contributed by atoms with Crippen molar-refractivity contribution in [3.8, 4) is 0 Å². The van der Waals surface area contributed by atoms with Crippen LogP contribution in [0.15, 0.2) is 23.1 Å². The van der Waals surface area contributed by atoms with Crippen molar-refractivity contribution in [1.82, 2.24) is 0 Å². The van der Waals surface area contributed by atoms with Gasteiger partial charge in [-0.15, -0.1) is 0 Å². The fourth-order valence-electron chi connectivity index (χ4n) is 1.15. The van der Waals surface area contributed by atoms with E-state index in [9.17, 15) is 18.0 Å². The van der Waals surface area contributed by atoms with Gasteiger partial charge in [0.15, 0.2) is 16.4 Å². The molecule has 0 N–H and O–H groups in total. The summed E-state index contributed by atoms with van der Waals surface area (Å²) in [5.41, 5.74) is -0.131. The molecule has 0 bridgehead atoms. The first-order chi connectivity index (χ1) is 8.75. The lowest BCUT2D eigenvalue weighted by molar-refractivity contribution is -0.144. The van der Waals surface area contributed by atoms with Crippen molar-refractivity contribution < 1.29 is 27.5 Å². The molecular formula is C11H11ClO6S. The molecule has 8 heteroatoms. The predicted molar refractivity (Wildman–Crippen MR) is 66.9 cm³/mol. The number of sulfone groups is 1. The van der Waals surface area contributed by atoms with Crippen LogP contribution in [-0.2, 0) is 24.1 Å². The first kappa shape index (κ1) is 15.5. The number of carbonyl (C=O) groups excluding carboxylic acids is 2. The van der Waals surface area contributed by atoms with Gasteiger partial charge in [-0.1, -0.05) is 11.6 Å². The number of benzene rings is 1. The Bertz CT molecular complexity index is 608. The maximum absolute atomic E-state index is 11.7. The molecule has 0 heterocycles. The first-order valence-electron chi connectivity index (χ1n) is 4.99. The molecule has 0 amide bonds. The average Bonchev–Trinajstić information content (AvgIpc) is 2.34. The highest BCUT2D eigenvalue weighted by Gasteiger charge is 2.17. The van der Waals surface area contributed by atoms with Gasteiger partial charge in [0, 0.05) is 6.26 Å². The molecule has 0 aromatic heterocycles. The minimum absolute atomic E-state index is 0.0299. The van der Waals surface area contributed by atoms with Gasteiger partial charge in [-0.05, 0) is 18.2 Å². The fraction of sp³-hybridized carbons (Fsp3) is 0.273. The minimum Gasteiger partial charge on any atom is -0.466 e. The van der Waals surface area contributed by atoms with Crippen LogP contribution in [0.2, 0.25) is 5.02 Å². The Hall–Kier alpha value is -1.60. The Morgan fingerprint density at radius 3 is 2.47 bits per heavy atom. The van der Waals surface area contributed by atoms with Crippen LogP contribution in [0.3, 0.4) is 0 Å². The van der Waals surface area contributed by atoms with Crippen molar-refractivity contribution in [2.24, 2.45) is 0 Å². The highest BCUT2D eigenvalue weighted by atomic mass is 35.5. The third-order valence-electron chi connectivity index (χ3n) is 2.13. The molecule has 0 saturated carbocycles. The van der Waals surface area contributed by atoms with E-state index in [0.717, 1.165) is 19.4 Å². The first-order valence-corrected chi connectivity index (χ1v) is 7.26. The molecule has 0 unspecified atom stereocenters. The molecule has 0 aliphatic rings. The van der Waals surface area contributed by atoms with Gasteiger partial charge in [0.2, 0.25) is 0 Å². The van der Waals surface area contributed by atoms with Gasteiger partial charge in [0.05, 0.1) is 22.6 Å². The third kappa shape index (κ3) is 4.22. The summed E-state index contributed by atoms with van der Waals surface area (Å²) in [5, 5.41) is 0.0299. The summed E-state index contributed by atoms with van der Waals surface area (Å²) < 4.78 is 31.7. The van der Waals surface area contributed by atoms with Crippen LogP contribution in [0, 0.1) is 0 Å². The third-order valence-corrected chi connectivity index (χ3v) is 3.57. The van der Waals surface area contributed by atoms with E-state index in [0.29, 0.717) is 0 Å². The summed E-state index contributed by atoms with van der Waals surface area (Å²) in [6.07, 6.45) is 1.000. The Morgan fingerprint density at radius 2 is 1.95 bits per heavy atom. The summed E-state index contributed by atoms with van der Waals surface area (Å²) in [4.78, 5) is 22.4. The normalized spacial score (nSPS) is 10.9. The number of ether oxygens (including phenoxy) is 2. The van der Waals surface area contributed by atoms with Crippen LogP contribution in [0.5, 0.6) is 0 Å².